The van der Waals surface area contributed by atoms with Gasteiger partial charge in [-0.25, -0.2) is 4.39 Å². The molecule has 1 aromatic carbocycles. The monoisotopic (exact) mass is 310 g/mol. The minimum atomic E-state index is -1.38. The first-order valence-electron chi connectivity index (χ1n) is 5.35. The largest absolute Gasteiger partial charge is 0.409 e. The Bertz CT molecular complexity index is 524. The number of rotatable bonds is 2. The number of nitrogens with two attached hydrogens (primary N) is 1. The number of halogens is 2. The molecule has 0 fully saturated rings. The smallest absolute Gasteiger partial charge is 0.157 e. The van der Waals surface area contributed by atoms with Crippen LogP contribution in [0.25, 0.3) is 0 Å². The molecule has 18 heavy (non-hydrogen) atoms. The maximum absolute atomic E-state index is 14.3. The van der Waals surface area contributed by atoms with E-state index in [4.69, 9.17) is 10.9 Å². The summed E-state index contributed by atoms with van der Waals surface area (Å²) in [4.78, 5) is 0. The standard InChI is InChI=1S/C13H12BrFN2O/c14-10-6-4-9(5-7-10)13(12(16)17-18)8-2-1-3-11(13)15/h1-8,11,18H,(H2,16,17). The number of amidine groups is 1. The summed E-state index contributed by atoms with van der Waals surface area (Å²) in [7, 11) is 0. The maximum Gasteiger partial charge on any atom is 0.157 e. The Hall–Kier alpha value is -1.62. The van der Waals surface area contributed by atoms with Crippen molar-refractivity contribution in [3.05, 3.63) is 58.6 Å². The van der Waals surface area contributed by atoms with Gasteiger partial charge in [0.2, 0.25) is 0 Å². The first-order valence-corrected chi connectivity index (χ1v) is 6.14. The van der Waals surface area contributed by atoms with Crippen molar-refractivity contribution < 1.29 is 9.60 Å². The highest BCUT2D eigenvalue weighted by Gasteiger charge is 2.43. The van der Waals surface area contributed by atoms with Crippen LogP contribution in [-0.2, 0) is 5.41 Å². The van der Waals surface area contributed by atoms with Gasteiger partial charge in [0.25, 0.3) is 0 Å². The van der Waals surface area contributed by atoms with Gasteiger partial charge in [-0.3, -0.25) is 0 Å². The lowest BCUT2D eigenvalue weighted by Gasteiger charge is -2.33. The molecule has 5 heteroatoms. The van der Waals surface area contributed by atoms with E-state index in [2.05, 4.69) is 21.1 Å². The number of allylic oxidation sites excluding steroid dienone is 3. The molecule has 3 nitrogen and oxygen atoms in total. The fourth-order valence-corrected chi connectivity index (χ4v) is 2.32. The van der Waals surface area contributed by atoms with Crippen LogP contribution in [0.2, 0.25) is 0 Å². The lowest BCUT2D eigenvalue weighted by Crippen LogP contribution is -2.47. The highest BCUT2D eigenvalue weighted by molar-refractivity contribution is 9.10. The molecule has 3 N–H and O–H groups in total. The van der Waals surface area contributed by atoms with E-state index in [1.54, 1.807) is 42.5 Å². The van der Waals surface area contributed by atoms with Gasteiger partial charge in [-0.2, -0.15) is 0 Å². The molecule has 0 saturated carbocycles. The zero-order valence-corrected chi connectivity index (χ0v) is 11.0. The number of oxime groups is 1. The average molecular weight is 311 g/mol. The van der Waals surface area contributed by atoms with Gasteiger partial charge < -0.3 is 10.9 Å². The molecule has 0 bridgehead atoms. The van der Waals surface area contributed by atoms with Crippen LogP contribution in [0.3, 0.4) is 0 Å². The zero-order valence-electron chi connectivity index (χ0n) is 9.42. The highest BCUT2D eigenvalue weighted by atomic mass is 79.9. The molecular formula is C13H12BrFN2O. The van der Waals surface area contributed by atoms with Crippen molar-refractivity contribution in [2.75, 3.05) is 0 Å². The molecule has 2 rings (SSSR count). The Labute approximate surface area is 113 Å². The second kappa shape index (κ2) is 4.94. The number of benzene rings is 1. The van der Waals surface area contributed by atoms with E-state index in [0.717, 1.165) is 4.47 Å². The molecule has 2 atom stereocenters. The minimum Gasteiger partial charge on any atom is -0.409 e. The van der Waals surface area contributed by atoms with E-state index < -0.39 is 11.6 Å². The average Bonchev–Trinajstić information content (AvgIpc) is 2.40. The van der Waals surface area contributed by atoms with Crippen molar-refractivity contribution in [2.24, 2.45) is 10.9 Å². The maximum atomic E-state index is 14.3. The van der Waals surface area contributed by atoms with Crippen LogP contribution in [0, 0.1) is 0 Å². The predicted octanol–water partition coefficient (Wildman–Crippen LogP) is 2.90. The molecule has 0 radical (unpaired) electrons. The van der Waals surface area contributed by atoms with Crippen LogP contribution < -0.4 is 5.73 Å². The van der Waals surface area contributed by atoms with E-state index in [1.807, 2.05) is 0 Å². The van der Waals surface area contributed by atoms with E-state index in [1.165, 1.54) is 6.08 Å². The Balaban J connectivity index is 2.60. The van der Waals surface area contributed by atoms with Crippen molar-refractivity contribution in [1.29, 1.82) is 0 Å². The zero-order chi connectivity index (χ0) is 13.2. The molecule has 0 saturated heterocycles. The third kappa shape index (κ3) is 1.95. The molecule has 2 unspecified atom stereocenters. The van der Waals surface area contributed by atoms with Crippen molar-refractivity contribution >= 4 is 21.8 Å². The summed E-state index contributed by atoms with van der Waals surface area (Å²) >= 11 is 3.32. The summed E-state index contributed by atoms with van der Waals surface area (Å²) in [6.07, 6.45) is 4.91. The summed E-state index contributed by atoms with van der Waals surface area (Å²) in [6.45, 7) is 0. The van der Waals surface area contributed by atoms with Crippen molar-refractivity contribution in [3.63, 3.8) is 0 Å². The van der Waals surface area contributed by atoms with Gasteiger partial charge in [0.05, 0.1) is 0 Å². The van der Waals surface area contributed by atoms with Gasteiger partial charge in [0.15, 0.2) is 5.84 Å². The summed E-state index contributed by atoms with van der Waals surface area (Å²) < 4.78 is 15.2. The lowest BCUT2D eigenvalue weighted by atomic mass is 9.73. The van der Waals surface area contributed by atoms with Gasteiger partial charge in [-0.05, 0) is 23.8 Å². The third-order valence-corrected chi connectivity index (χ3v) is 3.57. The molecule has 1 aliphatic carbocycles. The van der Waals surface area contributed by atoms with Gasteiger partial charge in [-0.15, -0.1) is 0 Å². The van der Waals surface area contributed by atoms with Crippen LogP contribution in [0.15, 0.2) is 58.2 Å². The quantitative estimate of drug-likeness (QED) is 0.382. The summed E-state index contributed by atoms with van der Waals surface area (Å²) in [5.74, 6) is -0.169. The third-order valence-electron chi connectivity index (χ3n) is 3.04. The molecule has 0 heterocycles. The SMILES string of the molecule is NC(=NO)C1(c2ccc(Br)cc2)C=CC=CC1F. The normalized spacial score (nSPS) is 27.4. The van der Waals surface area contributed by atoms with E-state index in [0.29, 0.717) is 5.56 Å². The van der Waals surface area contributed by atoms with Crippen LogP contribution in [0.1, 0.15) is 5.56 Å². The molecule has 1 aliphatic rings. The van der Waals surface area contributed by atoms with E-state index in [9.17, 15) is 4.39 Å². The second-order valence-electron chi connectivity index (χ2n) is 4.01. The van der Waals surface area contributed by atoms with Crippen LogP contribution in [0.5, 0.6) is 0 Å². The topological polar surface area (TPSA) is 58.6 Å². The number of nitrogens with zero attached hydrogens (tertiary/aromatic N) is 1. The Kier molecular flexibility index (Phi) is 3.52. The first-order chi connectivity index (χ1) is 8.61. The fourth-order valence-electron chi connectivity index (χ4n) is 2.05. The fraction of sp³-hybridized carbons (Fsp3) is 0.154. The van der Waals surface area contributed by atoms with Crippen molar-refractivity contribution in [2.45, 2.75) is 11.6 Å². The molecule has 1 aromatic rings. The summed E-state index contributed by atoms with van der Waals surface area (Å²) in [5, 5.41) is 11.9. The van der Waals surface area contributed by atoms with Crippen molar-refractivity contribution in [1.82, 2.24) is 0 Å². The molecule has 0 spiro atoms. The second-order valence-corrected chi connectivity index (χ2v) is 4.92. The number of hydrogen-bond acceptors (Lipinski definition) is 2. The highest BCUT2D eigenvalue weighted by Crippen LogP contribution is 2.35. The number of hydrogen-bond donors (Lipinski definition) is 2. The summed E-state index contributed by atoms with van der Waals surface area (Å²) in [6, 6.07) is 7.08. The Morgan fingerprint density at radius 1 is 1.33 bits per heavy atom. The van der Waals surface area contributed by atoms with Crippen LogP contribution >= 0.6 is 15.9 Å². The van der Waals surface area contributed by atoms with Gasteiger partial charge in [0, 0.05) is 4.47 Å². The summed E-state index contributed by atoms with van der Waals surface area (Å²) in [5.41, 5.74) is 5.09. The first kappa shape index (κ1) is 12.8. The van der Waals surface area contributed by atoms with E-state index in [-0.39, 0.29) is 5.84 Å². The Morgan fingerprint density at radius 3 is 2.56 bits per heavy atom. The molecule has 0 aliphatic heterocycles. The molecule has 94 valence electrons. The lowest BCUT2D eigenvalue weighted by molar-refractivity contribution is 0.293. The number of alkyl halides is 1. The van der Waals surface area contributed by atoms with E-state index >= 15 is 0 Å². The minimum absolute atomic E-state index is 0.169. The molecule has 0 aromatic heterocycles. The van der Waals surface area contributed by atoms with Gasteiger partial charge >= 0.3 is 0 Å². The van der Waals surface area contributed by atoms with Gasteiger partial charge in [-0.1, -0.05) is 51.4 Å². The van der Waals surface area contributed by atoms with Crippen LogP contribution in [0.4, 0.5) is 4.39 Å². The predicted molar refractivity (Wildman–Crippen MR) is 72.4 cm³/mol. The van der Waals surface area contributed by atoms with Crippen molar-refractivity contribution in [3.8, 4) is 0 Å². The van der Waals surface area contributed by atoms with Crippen LogP contribution in [-0.4, -0.2) is 17.2 Å². The van der Waals surface area contributed by atoms with Gasteiger partial charge in [0.1, 0.15) is 11.6 Å². The molecular weight excluding hydrogens is 299 g/mol. The Morgan fingerprint density at radius 2 is 2.00 bits per heavy atom. The molecule has 0 amide bonds.